The van der Waals surface area contributed by atoms with Crippen molar-refractivity contribution in [2.45, 2.75) is 90.7 Å². The van der Waals surface area contributed by atoms with Gasteiger partial charge in [-0.2, -0.15) is 8.42 Å². The van der Waals surface area contributed by atoms with Crippen LogP contribution in [0.2, 0.25) is 0 Å². The molecular weight excluding hydrogens is 430 g/mol. The average molecular weight is 471 g/mol. The van der Waals surface area contributed by atoms with E-state index in [1.807, 2.05) is 13.8 Å². The van der Waals surface area contributed by atoms with E-state index in [2.05, 4.69) is 13.8 Å². The van der Waals surface area contributed by atoms with Gasteiger partial charge in [0.05, 0.1) is 19.6 Å². The molecule has 0 aliphatic rings. The van der Waals surface area contributed by atoms with Gasteiger partial charge in [-0.25, -0.2) is 0 Å². The number of unbranched alkanes of at least 4 members (excludes halogenated alkanes) is 2. The van der Waals surface area contributed by atoms with Crippen molar-refractivity contribution >= 4 is 81.2 Å². The molecule has 30 heavy (non-hydrogen) atoms. The molecule has 10 heteroatoms. The Morgan fingerprint density at radius 2 is 1.27 bits per heavy atom. The van der Waals surface area contributed by atoms with Crippen LogP contribution >= 0.6 is 0 Å². The molecule has 7 nitrogen and oxygen atoms in total. The predicted octanol–water partition coefficient (Wildman–Crippen LogP) is 2.86. The molecule has 170 valence electrons. The zero-order chi connectivity index (χ0) is 21.6. The molecule has 0 aromatic heterocycles. The van der Waals surface area contributed by atoms with Gasteiger partial charge in [-0.05, 0) is 24.7 Å². The van der Waals surface area contributed by atoms with Gasteiger partial charge >= 0.3 is 71.1 Å². The Balaban J connectivity index is -0.00000364. The van der Waals surface area contributed by atoms with E-state index in [0.29, 0.717) is 0 Å². The van der Waals surface area contributed by atoms with Crippen LogP contribution in [0.25, 0.3) is 0 Å². The van der Waals surface area contributed by atoms with E-state index in [1.54, 1.807) is 0 Å². The Morgan fingerprint density at radius 1 is 0.833 bits per heavy atom. The van der Waals surface area contributed by atoms with Gasteiger partial charge in [0.2, 0.25) is 0 Å². The SMILES string of the molecule is CCCCC(CC)COC(=O)CC(C(=O)OCC(CC)CCCC)S(=O)(=O)O.[NaH].[NaH]. The number of rotatable bonds is 16. The van der Waals surface area contributed by atoms with Gasteiger partial charge in [0.1, 0.15) is 0 Å². The first-order valence-corrected chi connectivity index (χ1v) is 12.0. The number of hydrogen-bond donors (Lipinski definition) is 1. The second-order valence-electron chi connectivity index (χ2n) is 7.35. The molecule has 0 rings (SSSR count). The average Bonchev–Trinajstić information content (AvgIpc) is 2.65. The zero-order valence-corrected chi connectivity index (χ0v) is 18.6. The maximum absolute atomic E-state index is 12.2. The summed E-state index contributed by atoms with van der Waals surface area (Å²) in [6.07, 6.45) is 6.74. The molecular formula is C20H40Na2O7S. The summed E-state index contributed by atoms with van der Waals surface area (Å²) >= 11 is 0. The fraction of sp³-hybridized carbons (Fsp3) is 0.900. The van der Waals surface area contributed by atoms with Crippen LogP contribution in [-0.2, 0) is 29.2 Å². The summed E-state index contributed by atoms with van der Waals surface area (Å²) < 4.78 is 42.8. The van der Waals surface area contributed by atoms with Crippen LogP contribution < -0.4 is 0 Å². The molecule has 0 spiro atoms. The third-order valence-corrected chi connectivity index (χ3v) is 6.08. The van der Waals surface area contributed by atoms with Crippen molar-refractivity contribution in [1.29, 1.82) is 0 Å². The van der Waals surface area contributed by atoms with E-state index in [9.17, 15) is 22.6 Å². The van der Waals surface area contributed by atoms with Crippen LogP contribution in [0, 0.1) is 11.8 Å². The molecule has 0 fully saturated rings. The normalized spacial score (nSPS) is 13.9. The van der Waals surface area contributed by atoms with Crippen LogP contribution in [-0.4, -0.2) is 102 Å². The first kappa shape index (κ1) is 35.4. The van der Waals surface area contributed by atoms with Gasteiger partial charge in [0.25, 0.3) is 10.1 Å². The van der Waals surface area contributed by atoms with Gasteiger partial charge in [-0.15, -0.1) is 0 Å². The van der Waals surface area contributed by atoms with Crippen LogP contribution in [0.1, 0.15) is 85.5 Å². The number of esters is 2. The van der Waals surface area contributed by atoms with Crippen LogP contribution in [0.3, 0.4) is 0 Å². The number of ether oxygens (including phenoxy) is 2. The molecule has 0 amide bonds. The van der Waals surface area contributed by atoms with E-state index >= 15 is 0 Å². The first-order chi connectivity index (χ1) is 13.2. The molecule has 0 heterocycles. The second-order valence-corrected chi connectivity index (χ2v) is 8.95. The number of carbonyl (C=O) groups is 2. The molecule has 0 aromatic rings. The van der Waals surface area contributed by atoms with E-state index in [4.69, 9.17) is 9.47 Å². The van der Waals surface area contributed by atoms with Crippen molar-refractivity contribution in [3.63, 3.8) is 0 Å². The van der Waals surface area contributed by atoms with Crippen molar-refractivity contribution in [3.05, 3.63) is 0 Å². The fourth-order valence-corrected chi connectivity index (χ4v) is 3.48. The molecule has 1 N–H and O–H groups in total. The molecule has 0 aliphatic heterocycles. The van der Waals surface area contributed by atoms with E-state index in [0.717, 1.165) is 51.4 Å². The van der Waals surface area contributed by atoms with Crippen molar-refractivity contribution < 1.29 is 32.0 Å². The molecule has 0 aliphatic carbocycles. The van der Waals surface area contributed by atoms with Crippen molar-refractivity contribution in [2.24, 2.45) is 11.8 Å². The number of carbonyl (C=O) groups excluding carboxylic acids is 2. The van der Waals surface area contributed by atoms with E-state index < -0.39 is 33.7 Å². The standard InChI is InChI=1S/C20H38O7S.2Na.2H/c1-5-9-11-16(7-3)14-26-19(21)13-18(28(23,24)25)20(22)27-15-17(8-4)12-10-6-2;;;;/h16-18H,5-15H2,1-4H3,(H,23,24,25);;;;. The summed E-state index contributed by atoms with van der Waals surface area (Å²) in [6, 6.07) is 0. The first-order valence-electron chi connectivity index (χ1n) is 10.5. The predicted molar refractivity (Wildman–Crippen MR) is 123 cm³/mol. The Hall–Kier alpha value is 0.850. The molecule has 3 unspecified atom stereocenters. The Bertz CT molecular complexity index is 555. The Morgan fingerprint density at radius 3 is 1.63 bits per heavy atom. The molecule has 3 atom stereocenters. The third-order valence-electron chi connectivity index (χ3n) is 5.00. The van der Waals surface area contributed by atoms with Crippen molar-refractivity contribution in [3.8, 4) is 0 Å². The summed E-state index contributed by atoms with van der Waals surface area (Å²) in [5.74, 6) is -1.61. The van der Waals surface area contributed by atoms with Gasteiger partial charge in [0, 0.05) is 0 Å². The molecule has 0 saturated carbocycles. The fourth-order valence-electron chi connectivity index (χ4n) is 2.82. The topological polar surface area (TPSA) is 107 Å². The number of hydrogen-bond acceptors (Lipinski definition) is 6. The monoisotopic (exact) mass is 470 g/mol. The van der Waals surface area contributed by atoms with E-state index in [-0.39, 0.29) is 84.2 Å². The summed E-state index contributed by atoms with van der Waals surface area (Å²) in [7, 11) is -4.76. The minimum atomic E-state index is -4.76. The third kappa shape index (κ3) is 16.5. The van der Waals surface area contributed by atoms with Crippen molar-refractivity contribution in [1.82, 2.24) is 0 Å². The summed E-state index contributed by atoms with van der Waals surface area (Å²) in [6.45, 7) is 8.35. The Kier molecular flexibility index (Phi) is 24.2. The molecule has 0 radical (unpaired) electrons. The maximum atomic E-state index is 12.2. The van der Waals surface area contributed by atoms with Gasteiger partial charge in [-0.3, -0.25) is 14.1 Å². The second kappa shape index (κ2) is 20.5. The summed E-state index contributed by atoms with van der Waals surface area (Å²) in [5, 5.41) is -1.95. The van der Waals surface area contributed by atoms with Gasteiger partial charge in [-0.1, -0.05) is 66.2 Å². The summed E-state index contributed by atoms with van der Waals surface area (Å²) in [5.41, 5.74) is 0. The van der Waals surface area contributed by atoms with Crippen LogP contribution in [0.15, 0.2) is 0 Å². The van der Waals surface area contributed by atoms with Gasteiger partial charge in [0.15, 0.2) is 5.25 Å². The van der Waals surface area contributed by atoms with Crippen LogP contribution in [0.5, 0.6) is 0 Å². The Labute approximate surface area is 227 Å². The van der Waals surface area contributed by atoms with Crippen LogP contribution in [0.4, 0.5) is 0 Å². The molecule has 0 bridgehead atoms. The molecule has 0 aromatic carbocycles. The van der Waals surface area contributed by atoms with Crippen molar-refractivity contribution in [2.75, 3.05) is 13.2 Å². The minimum absolute atomic E-state index is 0. The quantitative estimate of drug-likeness (QED) is 0.210. The zero-order valence-electron chi connectivity index (χ0n) is 17.8. The molecule has 0 saturated heterocycles. The van der Waals surface area contributed by atoms with Gasteiger partial charge < -0.3 is 9.47 Å². The summed E-state index contributed by atoms with van der Waals surface area (Å²) in [4.78, 5) is 24.2. The van der Waals surface area contributed by atoms with E-state index in [1.165, 1.54) is 0 Å².